The molecule has 0 aromatic rings. The topological polar surface area (TPSA) is 77.5 Å². The van der Waals surface area contributed by atoms with E-state index >= 15 is 0 Å². The SMILES string of the molecule is CCCCCCCCS(=O)(=O)OS(=O)(=O)C(F)(F)F.[H-].[K+]. The summed E-state index contributed by atoms with van der Waals surface area (Å²) in [6.07, 6.45) is 4.21. The molecule has 0 aliphatic rings. The Kier molecular flexibility index (Phi) is 11.9. The van der Waals surface area contributed by atoms with Gasteiger partial charge in [-0.1, -0.05) is 39.0 Å². The first-order valence-corrected chi connectivity index (χ1v) is 8.75. The molecule has 0 saturated carbocycles. The van der Waals surface area contributed by atoms with E-state index in [1.807, 2.05) is 6.92 Å². The molecule has 118 valence electrons. The molecule has 0 fully saturated rings. The average Bonchev–Trinajstić information content (AvgIpc) is 2.20. The Bertz CT molecular complexity index is 464. The maximum atomic E-state index is 11.9. The summed E-state index contributed by atoms with van der Waals surface area (Å²) in [5.74, 6) is -0.742. The Balaban J connectivity index is -0.00000162. The van der Waals surface area contributed by atoms with Crippen LogP contribution in [0.1, 0.15) is 46.9 Å². The van der Waals surface area contributed by atoms with Crippen molar-refractivity contribution >= 4 is 20.2 Å². The minimum atomic E-state index is -6.09. The molecule has 0 unspecified atom stereocenters. The van der Waals surface area contributed by atoms with Gasteiger partial charge in [0.05, 0.1) is 5.75 Å². The molecule has 0 aromatic heterocycles. The van der Waals surface area contributed by atoms with Gasteiger partial charge in [-0.15, -0.1) is 3.63 Å². The fraction of sp³-hybridized carbons (Fsp3) is 1.00. The summed E-state index contributed by atoms with van der Waals surface area (Å²) in [5.41, 5.74) is -5.73. The van der Waals surface area contributed by atoms with E-state index in [0.29, 0.717) is 6.42 Å². The first kappa shape index (κ1) is 23.6. The Morgan fingerprint density at radius 3 is 1.85 bits per heavy atom. The van der Waals surface area contributed by atoms with Gasteiger partial charge in [0.2, 0.25) is 0 Å². The number of hydrogen-bond donors (Lipinski definition) is 0. The van der Waals surface area contributed by atoms with E-state index in [2.05, 4.69) is 3.63 Å². The average molecular weight is 366 g/mol. The van der Waals surface area contributed by atoms with Crippen molar-refractivity contribution < 1.29 is 86.4 Å². The predicted molar refractivity (Wildman–Crippen MR) is 64.3 cm³/mol. The van der Waals surface area contributed by atoms with Crippen LogP contribution in [0.3, 0.4) is 0 Å². The molecule has 0 saturated heterocycles. The molecule has 0 bridgehead atoms. The monoisotopic (exact) mass is 366 g/mol. The van der Waals surface area contributed by atoms with E-state index in [-0.39, 0.29) is 59.2 Å². The van der Waals surface area contributed by atoms with Gasteiger partial charge in [-0.05, 0) is 6.42 Å². The van der Waals surface area contributed by atoms with Gasteiger partial charge in [0.1, 0.15) is 0 Å². The van der Waals surface area contributed by atoms with Gasteiger partial charge in [-0.25, -0.2) is 0 Å². The number of hydrogen-bond acceptors (Lipinski definition) is 5. The Morgan fingerprint density at radius 2 is 1.40 bits per heavy atom. The molecule has 0 aromatic carbocycles. The maximum Gasteiger partial charge on any atom is 1.00 e. The van der Waals surface area contributed by atoms with Gasteiger partial charge in [-0.2, -0.15) is 30.0 Å². The Labute approximate surface area is 161 Å². The molecule has 20 heavy (non-hydrogen) atoms. The molecular weight excluding hydrogens is 348 g/mol. The summed E-state index contributed by atoms with van der Waals surface area (Å²) in [6.45, 7) is 2.00. The van der Waals surface area contributed by atoms with Gasteiger partial charge >= 0.3 is 67.0 Å². The zero-order chi connectivity index (χ0) is 15.2. The van der Waals surface area contributed by atoms with Gasteiger partial charge in [0.25, 0.3) is 10.1 Å². The molecule has 0 rings (SSSR count). The van der Waals surface area contributed by atoms with E-state index in [0.717, 1.165) is 25.7 Å². The third-order valence-electron chi connectivity index (χ3n) is 2.22. The van der Waals surface area contributed by atoms with Gasteiger partial charge < -0.3 is 1.43 Å². The molecule has 0 atom stereocenters. The molecular formula is C9H18F3KO5S2. The summed E-state index contributed by atoms with van der Waals surface area (Å²) in [7, 11) is -10.8. The maximum absolute atomic E-state index is 11.9. The number of unbranched alkanes of at least 4 members (excludes halogenated alkanes) is 5. The molecule has 0 heterocycles. The first-order chi connectivity index (χ1) is 8.52. The van der Waals surface area contributed by atoms with Crippen LogP contribution >= 0.6 is 0 Å². The molecule has 11 heteroatoms. The standard InChI is InChI=1S/C9H17F3O5S2.K.H/c1-2-3-4-5-6-7-8-18(13,14)17-19(15,16)9(10,11)12;;/h2-8H2,1H3;;/q;+1;-1. The fourth-order valence-corrected chi connectivity index (χ4v) is 3.50. The molecule has 0 radical (unpaired) electrons. The smallest absolute Gasteiger partial charge is 1.00 e. The zero-order valence-corrected chi connectivity index (χ0v) is 16.2. The van der Waals surface area contributed by atoms with Crippen LogP contribution in [-0.2, 0) is 23.9 Å². The summed E-state index contributed by atoms with van der Waals surface area (Å²) in [6, 6.07) is 0. The third kappa shape index (κ3) is 10.1. The van der Waals surface area contributed by atoms with Gasteiger partial charge in [0.15, 0.2) is 0 Å². The minimum Gasteiger partial charge on any atom is -1.00 e. The molecule has 0 aliphatic heterocycles. The van der Waals surface area contributed by atoms with Gasteiger partial charge in [-0.3, -0.25) is 0 Å². The second-order valence-electron chi connectivity index (χ2n) is 4.00. The number of rotatable bonds is 9. The van der Waals surface area contributed by atoms with Crippen LogP contribution in [0, 0.1) is 0 Å². The molecule has 0 amide bonds. The van der Waals surface area contributed by atoms with Crippen molar-refractivity contribution in [3.05, 3.63) is 0 Å². The first-order valence-electron chi connectivity index (χ1n) is 5.77. The van der Waals surface area contributed by atoms with Crippen LogP contribution in [-0.4, -0.2) is 28.1 Å². The predicted octanol–water partition coefficient (Wildman–Crippen LogP) is -0.341. The van der Waals surface area contributed by atoms with E-state index in [1.54, 1.807) is 0 Å². The van der Waals surface area contributed by atoms with Crippen LogP contribution in [0.2, 0.25) is 0 Å². The van der Waals surface area contributed by atoms with Crippen molar-refractivity contribution in [2.45, 2.75) is 51.0 Å². The normalized spacial score (nSPS) is 13.0. The molecule has 0 aliphatic carbocycles. The summed E-state index contributed by atoms with van der Waals surface area (Å²) in [5, 5.41) is 0. The zero-order valence-electron chi connectivity index (χ0n) is 12.4. The largest absolute Gasteiger partial charge is 1.00 e. The van der Waals surface area contributed by atoms with Crippen LogP contribution in [0.25, 0.3) is 0 Å². The van der Waals surface area contributed by atoms with Crippen molar-refractivity contribution in [1.82, 2.24) is 0 Å². The third-order valence-corrected chi connectivity index (χ3v) is 5.13. The Hall–Kier alpha value is 1.29. The van der Waals surface area contributed by atoms with Crippen LogP contribution in [0.15, 0.2) is 0 Å². The minimum absolute atomic E-state index is 0. The number of halogens is 3. The second kappa shape index (κ2) is 10.1. The van der Waals surface area contributed by atoms with E-state index in [9.17, 15) is 30.0 Å². The summed E-state index contributed by atoms with van der Waals surface area (Å²) >= 11 is 0. The van der Waals surface area contributed by atoms with Crippen molar-refractivity contribution in [3.8, 4) is 0 Å². The van der Waals surface area contributed by atoms with E-state index < -0.39 is 31.5 Å². The van der Waals surface area contributed by atoms with E-state index in [4.69, 9.17) is 0 Å². The quantitative estimate of drug-likeness (QED) is 0.317. The van der Waals surface area contributed by atoms with Gasteiger partial charge in [0, 0.05) is 0 Å². The van der Waals surface area contributed by atoms with Crippen molar-refractivity contribution in [2.24, 2.45) is 0 Å². The molecule has 0 N–H and O–H groups in total. The van der Waals surface area contributed by atoms with Crippen LogP contribution in [0.5, 0.6) is 0 Å². The molecule has 5 nitrogen and oxygen atoms in total. The van der Waals surface area contributed by atoms with Crippen molar-refractivity contribution in [3.63, 3.8) is 0 Å². The van der Waals surface area contributed by atoms with Crippen LogP contribution in [0.4, 0.5) is 13.2 Å². The fourth-order valence-electron chi connectivity index (χ4n) is 1.27. The summed E-state index contributed by atoms with van der Waals surface area (Å²) in [4.78, 5) is 0. The number of alkyl halides is 3. The van der Waals surface area contributed by atoms with Crippen molar-refractivity contribution in [2.75, 3.05) is 5.75 Å². The second-order valence-corrected chi connectivity index (χ2v) is 7.44. The van der Waals surface area contributed by atoms with Crippen molar-refractivity contribution in [1.29, 1.82) is 0 Å². The summed E-state index contributed by atoms with van der Waals surface area (Å²) < 4.78 is 82.2. The molecule has 0 spiro atoms. The Morgan fingerprint density at radius 1 is 0.950 bits per heavy atom. The van der Waals surface area contributed by atoms with Crippen LogP contribution < -0.4 is 51.4 Å². The van der Waals surface area contributed by atoms with E-state index in [1.165, 1.54) is 0 Å².